The van der Waals surface area contributed by atoms with Gasteiger partial charge >= 0.3 is 0 Å². The zero-order valence-electron chi connectivity index (χ0n) is 61.9. The van der Waals surface area contributed by atoms with Gasteiger partial charge in [0.15, 0.2) is 0 Å². The Kier molecular flexibility index (Phi) is 22.1. The topological polar surface area (TPSA) is 0 Å². The van der Waals surface area contributed by atoms with Crippen LogP contribution in [0.1, 0.15) is 54.0 Å². The highest BCUT2D eigenvalue weighted by Crippen LogP contribution is 2.56. The molecule has 0 unspecified atom stereocenters. The number of rotatable bonds is 22. The Balaban J connectivity index is 3.44. The van der Waals surface area contributed by atoms with Crippen LogP contribution in [0.5, 0.6) is 0 Å². The molecule has 1 heterocycles. The Morgan fingerprint density at radius 3 is 0.487 bits per heavy atom. The zero-order valence-corrected chi connectivity index (χ0v) is 77.9. The molecule has 80 heavy (non-hydrogen) atoms. The summed E-state index contributed by atoms with van der Waals surface area (Å²) in [6.07, 6.45) is 0. The summed E-state index contributed by atoms with van der Waals surface area (Å²) in [4.78, 5) is 0. The van der Waals surface area contributed by atoms with Gasteiger partial charge in [0.25, 0.3) is 0 Å². The molecule has 0 aliphatic heterocycles. The van der Waals surface area contributed by atoms with E-state index in [0.717, 1.165) is 0 Å². The van der Waals surface area contributed by atoms with Crippen LogP contribution >= 0.6 is 0 Å². The van der Waals surface area contributed by atoms with E-state index >= 15 is 0 Å². The quantitative estimate of drug-likeness (QED) is 0.0880. The van der Waals surface area contributed by atoms with Gasteiger partial charge in [0.05, 0.1) is 15.8 Å². The molecular weight excluding hydrogens is 1220 g/mol. The van der Waals surface area contributed by atoms with Crippen LogP contribution in [0.2, 0.25) is 275 Å². The zero-order chi connectivity index (χ0) is 63.7. The third-order valence-electron chi connectivity index (χ3n) is 19.7. The lowest BCUT2D eigenvalue weighted by atomic mass is 10.1. The first kappa shape index (κ1) is 75.6. The van der Waals surface area contributed by atoms with E-state index in [2.05, 4.69) is 323 Å². The first-order chi connectivity index (χ1) is 34.6. The predicted molar refractivity (Wildman–Crippen MR) is 422 cm³/mol. The van der Waals surface area contributed by atoms with E-state index in [9.17, 15) is 0 Å². The van der Waals surface area contributed by atoms with Crippen LogP contribution in [0.25, 0.3) is 10.4 Å². The van der Waals surface area contributed by atoms with E-state index in [1.54, 1.807) is 0 Å². The van der Waals surface area contributed by atoms with E-state index in [1.807, 2.05) is 43.8 Å². The molecule has 0 saturated heterocycles. The van der Waals surface area contributed by atoms with E-state index < -0.39 is 129 Å². The van der Waals surface area contributed by atoms with E-state index in [4.69, 9.17) is 0 Å². The smallest absolute Gasteiger partial charge is 0.0604 e. The Hall–Kier alpha value is 1.39. The molecule has 0 aliphatic carbocycles. The van der Waals surface area contributed by atoms with Gasteiger partial charge < -0.3 is 0 Å². The van der Waals surface area contributed by atoms with Crippen molar-refractivity contribution in [2.45, 2.75) is 304 Å². The Labute approximate surface area is 519 Å². The number of hydrogen-bond donors (Lipinski definition) is 0. The maximum absolute atomic E-state index is 3.15. The third kappa shape index (κ3) is 14.7. The minimum absolute atomic E-state index is 0.310. The van der Waals surface area contributed by atoms with Gasteiger partial charge in [-0.3, -0.25) is 0 Å². The second-order valence-electron chi connectivity index (χ2n) is 41.3. The molecule has 0 radical (unpaired) electrons. The van der Waals surface area contributed by atoms with Gasteiger partial charge in [-0.2, -0.15) is 0 Å². The molecule has 0 atom stereocenters. The average molecular weight is 1360 g/mol. The molecule has 1 aromatic heterocycles. The molecule has 0 fully saturated rings. The third-order valence-corrected chi connectivity index (χ3v) is 107. The molecule has 458 valence electrons. The number of hydrogen-bond acceptors (Lipinski definition) is 0. The molecule has 3 rings (SSSR count). The minimum atomic E-state index is -1.86. The standard InChI is InChI=1S/C64H138Si16/c1-67(2,3)59(68(4,5)6)53-47-51(63(75(25,26)27,76(28,29)30)77(31,32)33)48-54(60(69(7,8)9)70(10,11)12)57(53)65-45-43-44-46-66(65)58-55(61(71(13,14)15)72(16,17)18)49-52(50-56(58)62(73(19,20)21)74(22,23)24)64(78(34,35)36,79(37,38)39)80(40,41)42/h43-50,59-62H,1-42H3. The maximum atomic E-state index is 3.15. The van der Waals surface area contributed by atoms with E-state index in [-0.39, 0.29) is 0 Å². The molecule has 0 saturated carbocycles. The fourth-order valence-electron chi connectivity index (χ4n) is 22.5. The van der Waals surface area contributed by atoms with Crippen molar-refractivity contribution in [3.05, 3.63) is 81.1 Å². The van der Waals surface area contributed by atoms with Crippen molar-refractivity contribution in [2.24, 2.45) is 0 Å². The summed E-state index contributed by atoms with van der Waals surface area (Å²) >= 11 is 0. The van der Waals surface area contributed by atoms with Gasteiger partial charge in [-0.25, -0.2) is 0 Å². The van der Waals surface area contributed by atoms with Crippen molar-refractivity contribution in [1.82, 2.24) is 0 Å². The van der Waals surface area contributed by atoms with Crippen LogP contribution in [-0.2, 0) is 8.57 Å². The summed E-state index contributed by atoms with van der Waals surface area (Å²) in [5, 5.41) is 6.69. The number of benzene rings is 2. The SMILES string of the molecule is C[Si](C)(C)C(c1cc(C([Si](C)(C)C)([Si](C)(C)C)[Si](C)(C)C)cc(C([Si](C)(C)C)[Si](C)(C)C)c1-[si]1cccc[si]1-c1c(C([Si](C)(C)C)[Si](C)(C)C)cc(C([Si](C)(C)C)([Si](C)(C)C)[Si](C)(C)C)cc1C([Si](C)(C)C)[Si](C)(C)C)[Si](C)(C)C. The van der Waals surface area contributed by atoms with E-state index in [0.29, 0.717) is 29.2 Å². The van der Waals surface area contributed by atoms with Gasteiger partial charge in [-0.15, -0.1) is 0 Å². The Morgan fingerprint density at radius 2 is 0.375 bits per heavy atom. The van der Waals surface area contributed by atoms with Gasteiger partial charge in [0.1, 0.15) is 0 Å². The molecule has 2 aromatic carbocycles. The fraction of sp³-hybridized carbons (Fsp3) is 0.750. The lowest BCUT2D eigenvalue weighted by Crippen LogP contribution is -2.74. The summed E-state index contributed by atoms with van der Waals surface area (Å²) < 4.78 is 0.621. The normalized spacial score (nSPS) is 15.6. The van der Waals surface area contributed by atoms with Gasteiger partial charge in [0, 0.05) is 113 Å². The molecule has 16 heteroatoms. The monoisotopic (exact) mass is 1350 g/mol. The van der Waals surface area contributed by atoms with Crippen LogP contribution in [-0.4, -0.2) is 129 Å². The van der Waals surface area contributed by atoms with Crippen molar-refractivity contribution >= 4 is 129 Å². The lowest BCUT2D eigenvalue weighted by molar-refractivity contribution is 0.992. The molecular formula is C64H138Si16. The van der Waals surface area contributed by atoms with Gasteiger partial charge in [-0.1, -0.05) is 323 Å². The fourth-order valence-corrected chi connectivity index (χ4v) is 144. The summed E-state index contributed by atoms with van der Waals surface area (Å²) in [5.41, 5.74) is 17.5. The van der Waals surface area contributed by atoms with Crippen molar-refractivity contribution in [2.75, 3.05) is 0 Å². The molecule has 0 amide bonds. The van der Waals surface area contributed by atoms with Crippen LogP contribution in [0.4, 0.5) is 0 Å². The van der Waals surface area contributed by atoms with Crippen LogP contribution in [0, 0.1) is 0 Å². The lowest BCUT2D eigenvalue weighted by Gasteiger charge is -2.60. The maximum Gasteiger partial charge on any atom is 0.0604 e. The molecule has 3 aromatic rings. The molecule has 0 N–H and O–H groups in total. The molecule has 0 bridgehead atoms. The van der Waals surface area contributed by atoms with Crippen molar-refractivity contribution in [3.8, 4) is 10.4 Å². The Bertz CT molecular complexity index is 2240. The van der Waals surface area contributed by atoms with Gasteiger partial charge in [0.2, 0.25) is 0 Å². The molecule has 0 spiro atoms. The second-order valence-corrected chi connectivity index (χ2v) is 127. The van der Waals surface area contributed by atoms with Gasteiger partial charge in [-0.05, 0) is 73.0 Å². The van der Waals surface area contributed by atoms with E-state index in [1.165, 1.54) is 0 Å². The summed E-state index contributed by atoms with van der Waals surface area (Å²) in [6.45, 7) is 119. The highest BCUT2D eigenvalue weighted by Gasteiger charge is 2.63. The highest BCUT2D eigenvalue weighted by atomic mass is 29.0. The van der Waals surface area contributed by atoms with Crippen LogP contribution in [0.15, 0.2) is 47.8 Å². The predicted octanol–water partition coefficient (Wildman–Crippen LogP) is 22.8. The highest BCUT2D eigenvalue weighted by molar-refractivity contribution is 7.16. The summed E-state index contributed by atoms with van der Waals surface area (Å²) in [5.74, 6) is 0. The van der Waals surface area contributed by atoms with Crippen LogP contribution in [0.3, 0.4) is 0 Å². The first-order valence-electron chi connectivity index (χ1n) is 32.1. The van der Waals surface area contributed by atoms with Crippen molar-refractivity contribution in [1.29, 1.82) is 0 Å². The van der Waals surface area contributed by atoms with Crippen molar-refractivity contribution in [3.63, 3.8) is 0 Å². The minimum Gasteiger partial charge on any atom is -0.0767 e. The molecule has 0 nitrogen and oxygen atoms in total. The van der Waals surface area contributed by atoms with Crippen molar-refractivity contribution < 1.29 is 0 Å². The Morgan fingerprint density at radius 1 is 0.237 bits per heavy atom. The second kappa shape index (κ2) is 23.3. The average Bonchev–Trinajstić information content (AvgIpc) is 3.07. The summed E-state index contributed by atoms with van der Waals surface area (Å²) in [7, 11) is -28.5. The first-order valence-corrected chi connectivity index (χ1v) is 85.9. The molecule has 0 aliphatic rings. The van der Waals surface area contributed by atoms with Crippen LogP contribution < -0.4 is 0 Å². The summed E-state index contributed by atoms with van der Waals surface area (Å²) in [6, 6.07) is 17.9. The largest absolute Gasteiger partial charge is 0.0767 e.